The maximum absolute atomic E-state index is 11.3. The minimum absolute atomic E-state index is 0.115. The molecule has 2 saturated heterocycles. The summed E-state index contributed by atoms with van der Waals surface area (Å²) in [4.78, 5) is 13.6. The van der Waals surface area contributed by atoms with Gasteiger partial charge < -0.3 is 4.90 Å². The number of likely N-dealkylation sites (tertiary alicyclic amines) is 1. The summed E-state index contributed by atoms with van der Waals surface area (Å²) in [5.74, 6) is 5.70. The van der Waals surface area contributed by atoms with Gasteiger partial charge in [-0.3, -0.25) is 9.80 Å². The summed E-state index contributed by atoms with van der Waals surface area (Å²) in [6.07, 6.45) is 2.89. The highest BCUT2D eigenvalue weighted by Crippen LogP contribution is 2.39. The van der Waals surface area contributed by atoms with E-state index in [1.807, 2.05) is 0 Å². The number of piperidine rings is 1. The molecule has 0 radical (unpaired) electrons. The van der Waals surface area contributed by atoms with Gasteiger partial charge in [0, 0.05) is 18.4 Å². The van der Waals surface area contributed by atoms with Crippen LogP contribution >= 0.6 is 0 Å². The van der Waals surface area contributed by atoms with Crippen molar-refractivity contribution < 1.29 is 4.79 Å². The molecule has 1 amide bonds. The predicted octanol–water partition coefficient (Wildman–Crippen LogP) is -0.196. The molecule has 1 spiro atoms. The van der Waals surface area contributed by atoms with E-state index in [0.29, 0.717) is 6.42 Å². The number of hydrogen-bond donors (Lipinski definition) is 1. The molecule has 0 aliphatic carbocycles. The maximum atomic E-state index is 11.3. The summed E-state index contributed by atoms with van der Waals surface area (Å²) in [5.41, 5.74) is 0.207. The second-order valence-electron chi connectivity index (χ2n) is 4.50. The lowest BCUT2D eigenvalue weighted by molar-refractivity contribution is -0.128. The van der Waals surface area contributed by atoms with Gasteiger partial charge >= 0.3 is 0 Å². The van der Waals surface area contributed by atoms with Crippen LogP contribution in [0.2, 0.25) is 0 Å². The summed E-state index contributed by atoms with van der Waals surface area (Å²) < 4.78 is 0. The average Bonchev–Trinajstić information content (AvgIpc) is 2.36. The van der Waals surface area contributed by atoms with Crippen LogP contribution in [0.15, 0.2) is 0 Å². The second kappa shape index (κ2) is 2.96. The lowest BCUT2D eigenvalue weighted by atomic mass is 9.78. The Labute approximate surface area is 78.6 Å². The molecular formula is C9H17N3O. The van der Waals surface area contributed by atoms with Crippen molar-refractivity contribution in [2.75, 3.05) is 26.7 Å². The van der Waals surface area contributed by atoms with E-state index in [4.69, 9.17) is 5.84 Å². The van der Waals surface area contributed by atoms with Crippen LogP contribution in [-0.2, 0) is 4.79 Å². The number of amides is 1. The average molecular weight is 183 g/mol. The molecule has 2 N–H and O–H groups in total. The van der Waals surface area contributed by atoms with Gasteiger partial charge in [-0.1, -0.05) is 0 Å². The molecule has 0 aromatic rings. The van der Waals surface area contributed by atoms with Crippen LogP contribution in [0.25, 0.3) is 0 Å². The third-order valence-corrected chi connectivity index (χ3v) is 3.40. The van der Waals surface area contributed by atoms with Gasteiger partial charge in [0.25, 0.3) is 0 Å². The molecule has 2 aliphatic rings. The molecule has 4 heteroatoms. The van der Waals surface area contributed by atoms with Crippen molar-refractivity contribution in [1.82, 2.24) is 9.91 Å². The SMILES string of the molecule is CN1CCC2(CC1)CC(=O)N(N)C2. The molecule has 0 unspecified atom stereocenters. The summed E-state index contributed by atoms with van der Waals surface area (Å²) >= 11 is 0. The molecule has 0 atom stereocenters. The molecule has 2 fully saturated rings. The fraction of sp³-hybridized carbons (Fsp3) is 0.889. The highest BCUT2D eigenvalue weighted by Gasteiger charge is 2.43. The Bertz CT molecular complexity index is 221. The van der Waals surface area contributed by atoms with Gasteiger partial charge in [-0.2, -0.15) is 0 Å². The highest BCUT2D eigenvalue weighted by atomic mass is 16.2. The largest absolute Gasteiger partial charge is 0.306 e. The molecule has 13 heavy (non-hydrogen) atoms. The first kappa shape index (κ1) is 8.97. The molecule has 2 heterocycles. The number of carbonyl (C=O) groups is 1. The van der Waals surface area contributed by atoms with Gasteiger partial charge in [-0.05, 0) is 33.0 Å². The number of rotatable bonds is 0. The number of nitrogens with two attached hydrogens (primary N) is 1. The van der Waals surface area contributed by atoms with E-state index in [0.717, 1.165) is 32.5 Å². The van der Waals surface area contributed by atoms with Crippen molar-refractivity contribution in [2.45, 2.75) is 19.3 Å². The Kier molecular flexibility index (Phi) is 2.04. The standard InChI is InChI=1S/C9H17N3O/c1-11-4-2-9(3-5-11)6-8(13)12(10)7-9/h2-7,10H2,1H3. The van der Waals surface area contributed by atoms with E-state index in [1.54, 1.807) is 0 Å². The maximum Gasteiger partial charge on any atom is 0.237 e. The zero-order valence-electron chi connectivity index (χ0n) is 8.12. The number of carbonyl (C=O) groups excluding carboxylic acids is 1. The quantitative estimate of drug-likeness (QED) is 0.418. The predicted molar refractivity (Wildman–Crippen MR) is 49.7 cm³/mol. The first-order valence-electron chi connectivity index (χ1n) is 4.85. The second-order valence-corrected chi connectivity index (χ2v) is 4.50. The van der Waals surface area contributed by atoms with Crippen molar-refractivity contribution in [3.8, 4) is 0 Å². The zero-order chi connectivity index (χ0) is 9.47. The Morgan fingerprint density at radius 2 is 2.00 bits per heavy atom. The van der Waals surface area contributed by atoms with Crippen LogP contribution in [0.3, 0.4) is 0 Å². The zero-order valence-corrected chi connectivity index (χ0v) is 8.12. The van der Waals surface area contributed by atoms with Crippen molar-refractivity contribution in [3.63, 3.8) is 0 Å². The third kappa shape index (κ3) is 1.56. The van der Waals surface area contributed by atoms with E-state index in [2.05, 4.69) is 11.9 Å². The lowest BCUT2D eigenvalue weighted by Gasteiger charge is -2.36. The van der Waals surface area contributed by atoms with E-state index < -0.39 is 0 Å². The van der Waals surface area contributed by atoms with Crippen molar-refractivity contribution in [1.29, 1.82) is 0 Å². The summed E-state index contributed by atoms with van der Waals surface area (Å²) in [6.45, 7) is 2.96. The first-order valence-corrected chi connectivity index (χ1v) is 4.85. The molecule has 74 valence electrons. The minimum atomic E-state index is 0.115. The fourth-order valence-electron chi connectivity index (χ4n) is 2.36. The topological polar surface area (TPSA) is 49.6 Å². The first-order chi connectivity index (χ1) is 6.11. The summed E-state index contributed by atoms with van der Waals surface area (Å²) in [7, 11) is 2.13. The van der Waals surface area contributed by atoms with Gasteiger partial charge in [0.05, 0.1) is 0 Å². The smallest absolute Gasteiger partial charge is 0.237 e. The highest BCUT2D eigenvalue weighted by molar-refractivity contribution is 5.78. The van der Waals surface area contributed by atoms with Crippen LogP contribution in [0.1, 0.15) is 19.3 Å². The van der Waals surface area contributed by atoms with Crippen LogP contribution in [0.5, 0.6) is 0 Å². The van der Waals surface area contributed by atoms with Crippen molar-refractivity contribution in [3.05, 3.63) is 0 Å². The van der Waals surface area contributed by atoms with Crippen LogP contribution in [0, 0.1) is 5.41 Å². The molecule has 2 rings (SSSR count). The molecule has 0 aromatic carbocycles. The van der Waals surface area contributed by atoms with E-state index in [1.165, 1.54) is 5.01 Å². The Balaban J connectivity index is 2.03. The van der Waals surface area contributed by atoms with Crippen LogP contribution in [-0.4, -0.2) is 42.5 Å². The van der Waals surface area contributed by atoms with E-state index in [-0.39, 0.29) is 11.3 Å². The van der Waals surface area contributed by atoms with E-state index in [9.17, 15) is 4.79 Å². The van der Waals surface area contributed by atoms with Crippen LogP contribution in [0.4, 0.5) is 0 Å². The third-order valence-electron chi connectivity index (χ3n) is 3.40. The Morgan fingerprint density at radius 3 is 2.46 bits per heavy atom. The van der Waals surface area contributed by atoms with Gasteiger partial charge in [0.2, 0.25) is 5.91 Å². The minimum Gasteiger partial charge on any atom is -0.306 e. The lowest BCUT2D eigenvalue weighted by Crippen LogP contribution is -2.41. The van der Waals surface area contributed by atoms with Crippen molar-refractivity contribution in [2.24, 2.45) is 11.3 Å². The van der Waals surface area contributed by atoms with Crippen LogP contribution < -0.4 is 5.84 Å². The molecular weight excluding hydrogens is 166 g/mol. The Morgan fingerprint density at radius 1 is 1.38 bits per heavy atom. The van der Waals surface area contributed by atoms with E-state index >= 15 is 0 Å². The number of nitrogens with zero attached hydrogens (tertiary/aromatic N) is 2. The molecule has 0 aromatic heterocycles. The monoisotopic (exact) mass is 183 g/mol. The molecule has 4 nitrogen and oxygen atoms in total. The molecule has 0 saturated carbocycles. The van der Waals surface area contributed by atoms with Gasteiger partial charge in [-0.15, -0.1) is 0 Å². The number of hydrogen-bond acceptors (Lipinski definition) is 3. The number of hydrazine groups is 1. The fourth-order valence-corrected chi connectivity index (χ4v) is 2.36. The summed E-state index contributed by atoms with van der Waals surface area (Å²) in [5, 5.41) is 1.39. The van der Waals surface area contributed by atoms with Gasteiger partial charge in [-0.25, -0.2) is 5.84 Å². The molecule has 2 aliphatic heterocycles. The normalized spacial score (nSPS) is 28.8. The Hall–Kier alpha value is -0.610. The van der Waals surface area contributed by atoms with Crippen molar-refractivity contribution >= 4 is 5.91 Å². The molecule has 0 bridgehead atoms. The van der Waals surface area contributed by atoms with Gasteiger partial charge in [0.1, 0.15) is 0 Å². The summed E-state index contributed by atoms with van der Waals surface area (Å²) in [6, 6.07) is 0. The van der Waals surface area contributed by atoms with Gasteiger partial charge in [0.15, 0.2) is 0 Å².